The molecule has 0 radical (unpaired) electrons. The normalized spacial score (nSPS) is 10.6. The lowest BCUT2D eigenvalue weighted by molar-refractivity contribution is 0.0954. The molecular weight excluding hydrogens is 414 g/mol. The molecule has 3 aromatic carbocycles. The molecule has 0 saturated heterocycles. The predicted molar refractivity (Wildman–Crippen MR) is 123 cm³/mol. The van der Waals surface area contributed by atoms with E-state index in [1.165, 1.54) is 6.21 Å². The summed E-state index contributed by atoms with van der Waals surface area (Å²) < 4.78 is 0. The minimum absolute atomic E-state index is 0.0963. The molecule has 0 atom stereocenters. The number of para-hydroxylation sites is 1. The van der Waals surface area contributed by atoms with E-state index in [1.807, 2.05) is 0 Å². The van der Waals surface area contributed by atoms with Crippen molar-refractivity contribution >= 4 is 35.3 Å². The second-order valence-electron chi connectivity index (χ2n) is 6.56. The molecule has 7 heteroatoms. The monoisotopic (exact) mass is 433 g/mol. The average molecular weight is 434 g/mol. The Hall–Kier alpha value is -3.90. The molecule has 0 saturated carbocycles. The number of nitrogens with zero attached hydrogens (tertiary/aromatic N) is 1. The van der Waals surface area contributed by atoms with Crippen LogP contribution in [0, 0.1) is 0 Å². The molecule has 0 heterocycles. The summed E-state index contributed by atoms with van der Waals surface area (Å²) >= 11 is 6.03. The highest BCUT2D eigenvalue weighted by Crippen LogP contribution is 2.21. The van der Waals surface area contributed by atoms with Gasteiger partial charge in [0, 0.05) is 16.8 Å². The standard InChI is InChI=1S/C24H20ClN3O3/c1-2-6-16-7-5-8-18(22(16)29)15-26-28-23(30)17-11-13-19(14-12-17)27-24(31)20-9-3-4-10-21(20)25/h2-5,7-15,29H,1,6H2,(H,27,31)(H,28,30). The zero-order valence-corrected chi connectivity index (χ0v) is 17.3. The minimum atomic E-state index is -0.429. The number of hydrogen-bond acceptors (Lipinski definition) is 4. The van der Waals surface area contributed by atoms with E-state index >= 15 is 0 Å². The Balaban J connectivity index is 1.61. The predicted octanol–water partition coefficient (Wildman–Crippen LogP) is 4.79. The number of phenols is 1. The van der Waals surface area contributed by atoms with Crippen LogP contribution >= 0.6 is 11.6 Å². The Morgan fingerprint density at radius 2 is 1.74 bits per heavy atom. The lowest BCUT2D eigenvalue weighted by atomic mass is 10.1. The van der Waals surface area contributed by atoms with Crippen LogP contribution in [0.1, 0.15) is 31.8 Å². The third-order valence-electron chi connectivity index (χ3n) is 4.41. The quantitative estimate of drug-likeness (QED) is 0.284. The van der Waals surface area contributed by atoms with Crippen molar-refractivity contribution in [3.8, 4) is 5.75 Å². The summed E-state index contributed by atoms with van der Waals surface area (Å²) in [7, 11) is 0. The molecule has 156 valence electrons. The lowest BCUT2D eigenvalue weighted by Gasteiger charge is -2.07. The number of aromatic hydroxyl groups is 1. The van der Waals surface area contributed by atoms with Crippen LogP contribution in [0.25, 0.3) is 0 Å². The van der Waals surface area contributed by atoms with E-state index < -0.39 is 5.91 Å². The third kappa shape index (κ3) is 5.58. The average Bonchev–Trinajstić information content (AvgIpc) is 2.77. The van der Waals surface area contributed by atoms with E-state index in [-0.39, 0.29) is 11.7 Å². The lowest BCUT2D eigenvalue weighted by Crippen LogP contribution is -2.18. The number of benzene rings is 3. The summed E-state index contributed by atoms with van der Waals surface area (Å²) in [6.07, 6.45) is 3.59. The molecule has 0 aliphatic carbocycles. The van der Waals surface area contributed by atoms with Gasteiger partial charge in [-0.1, -0.05) is 41.9 Å². The van der Waals surface area contributed by atoms with E-state index in [1.54, 1.807) is 72.8 Å². The minimum Gasteiger partial charge on any atom is -0.507 e. The van der Waals surface area contributed by atoms with E-state index in [2.05, 4.69) is 22.4 Å². The number of carbonyl (C=O) groups is 2. The van der Waals surface area contributed by atoms with Crippen molar-refractivity contribution in [2.75, 3.05) is 5.32 Å². The Labute approximate surface area is 184 Å². The SMILES string of the molecule is C=CCc1cccc(C=NNC(=O)c2ccc(NC(=O)c3ccccc3Cl)cc2)c1O. The molecule has 0 unspecified atom stereocenters. The van der Waals surface area contributed by atoms with Crippen molar-refractivity contribution in [1.82, 2.24) is 5.43 Å². The summed E-state index contributed by atoms with van der Waals surface area (Å²) in [6.45, 7) is 3.66. The molecule has 0 aliphatic rings. The zero-order chi connectivity index (χ0) is 22.2. The number of anilines is 1. The van der Waals surface area contributed by atoms with E-state index in [0.29, 0.717) is 33.8 Å². The first kappa shape index (κ1) is 21.8. The number of phenolic OH excluding ortho intramolecular Hbond substituents is 1. The van der Waals surface area contributed by atoms with Crippen LogP contribution in [0.3, 0.4) is 0 Å². The van der Waals surface area contributed by atoms with Gasteiger partial charge in [-0.3, -0.25) is 9.59 Å². The molecular formula is C24H20ClN3O3. The number of hydrogen-bond donors (Lipinski definition) is 3. The van der Waals surface area contributed by atoms with Gasteiger partial charge < -0.3 is 10.4 Å². The fourth-order valence-electron chi connectivity index (χ4n) is 2.81. The van der Waals surface area contributed by atoms with Gasteiger partial charge >= 0.3 is 0 Å². The number of nitrogens with one attached hydrogen (secondary N) is 2. The Morgan fingerprint density at radius 3 is 2.45 bits per heavy atom. The van der Waals surface area contributed by atoms with Crippen LogP contribution in [0.15, 0.2) is 84.5 Å². The summed E-state index contributed by atoms with van der Waals surface area (Å²) in [4.78, 5) is 24.6. The van der Waals surface area contributed by atoms with Gasteiger partial charge in [-0.05, 0) is 54.4 Å². The van der Waals surface area contributed by atoms with Crippen molar-refractivity contribution < 1.29 is 14.7 Å². The van der Waals surface area contributed by atoms with Crippen molar-refractivity contribution in [2.45, 2.75) is 6.42 Å². The Bertz CT molecular complexity index is 1140. The largest absolute Gasteiger partial charge is 0.507 e. The summed E-state index contributed by atoms with van der Waals surface area (Å²) in [5.41, 5.74) is 4.86. The first-order valence-corrected chi connectivity index (χ1v) is 9.78. The van der Waals surface area contributed by atoms with Gasteiger partial charge in [0.25, 0.3) is 11.8 Å². The molecule has 31 heavy (non-hydrogen) atoms. The number of halogens is 1. The molecule has 0 aromatic heterocycles. The molecule has 6 nitrogen and oxygen atoms in total. The third-order valence-corrected chi connectivity index (χ3v) is 4.74. The topological polar surface area (TPSA) is 90.8 Å². The van der Waals surface area contributed by atoms with Gasteiger partial charge in [0.05, 0.1) is 16.8 Å². The highest BCUT2D eigenvalue weighted by atomic mass is 35.5. The summed E-state index contributed by atoms with van der Waals surface area (Å²) in [5, 5.41) is 17.2. The van der Waals surface area contributed by atoms with E-state index in [9.17, 15) is 14.7 Å². The Morgan fingerprint density at radius 1 is 1.00 bits per heavy atom. The second kappa shape index (κ2) is 10.2. The smallest absolute Gasteiger partial charge is 0.271 e. The maximum absolute atomic E-state index is 12.3. The van der Waals surface area contributed by atoms with E-state index in [4.69, 9.17) is 11.6 Å². The van der Waals surface area contributed by atoms with Gasteiger partial charge in [-0.25, -0.2) is 5.43 Å². The molecule has 2 amide bonds. The van der Waals surface area contributed by atoms with Crippen molar-refractivity contribution in [3.05, 3.63) is 107 Å². The number of hydrazone groups is 1. The van der Waals surface area contributed by atoms with Crippen LogP contribution < -0.4 is 10.7 Å². The molecule has 0 bridgehead atoms. The Kier molecular flexibility index (Phi) is 7.19. The van der Waals surface area contributed by atoms with Gasteiger partial charge in [0.2, 0.25) is 0 Å². The second-order valence-corrected chi connectivity index (χ2v) is 6.97. The first-order chi connectivity index (χ1) is 15.0. The fraction of sp³-hybridized carbons (Fsp3) is 0.0417. The maximum Gasteiger partial charge on any atom is 0.271 e. The first-order valence-electron chi connectivity index (χ1n) is 9.40. The van der Waals surface area contributed by atoms with Crippen LogP contribution in [-0.2, 0) is 6.42 Å². The van der Waals surface area contributed by atoms with Crippen molar-refractivity contribution in [3.63, 3.8) is 0 Å². The highest BCUT2D eigenvalue weighted by Gasteiger charge is 2.11. The molecule has 3 N–H and O–H groups in total. The zero-order valence-electron chi connectivity index (χ0n) is 16.5. The van der Waals surface area contributed by atoms with Gasteiger partial charge in [-0.15, -0.1) is 6.58 Å². The molecule has 3 rings (SSSR count). The summed E-state index contributed by atoms with van der Waals surface area (Å²) in [6, 6.07) is 18.4. The van der Waals surface area contributed by atoms with Gasteiger partial charge in [0.15, 0.2) is 0 Å². The van der Waals surface area contributed by atoms with Gasteiger partial charge in [0.1, 0.15) is 5.75 Å². The number of amides is 2. The van der Waals surface area contributed by atoms with E-state index in [0.717, 1.165) is 5.56 Å². The number of allylic oxidation sites excluding steroid dienone is 1. The van der Waals surface area contributed by atoms with Crippen LogP contribution in [-0.4, -0.2) is 23.1 Å². The van der Waals surface area contributed by atoms with Crippen LogP contribution in [0.4, 0.5) is 5.69 Å². The van der Waals surface area contributed by atoms with Crippen molar-refractivity contribution in [2.24, 2.45) is 5.10 Å². The number of rotatable bonds is 7. The summed E-state index contributed by atoms with van der Waals surface area (Å²) in [5.74, 6) is -0.674. The molecule has 0 spiro atoms. The molecule has 0 aliphatic heterocycles. The van der Waals surface area contributed by atoms with Crippen molar-refractivity contribution in [1.29, 1.82) is 0 Å². The maximum atomic E-state index is 12.3. The van der Waals surface area contributed by atoms with Gasteiger partial charge in [-0.2, -0.15) is 5.10 Å². The van der Waals surface area contributed by atoms with Crippen LogP contribution in [0.5, 0.6) is 5.75 Å². The molecule has 3 aromatic rings. The van der Waals surface area contributed by atoms with Crippen LogP contribution in [0.2, 0.25) is 5.02 Å². The highest BCUT2D eigenvalue weighted by molar-refractivity contribution is 6.34. The fourth-order valence-corrected chi connectivity index (χ4v) is 3.03. The molecule has 0 fully saturated rings. The number of carbonyl (C=O) groups excluding carboxylic acids is 2.